The summed E-state index contributed by atoms with van der Waals surface area (Å²) in [5, 5.41) is 3.25. The summed E-state index contributed by atoms with van der Waals surface area (Å²) in [4.78, 5) is 12.2. The van der Waals surface area contributed by atoms with E-state index in [2.05, 4.69) is 12.2 Å². The molecule has 0 aromatic carbocycles. The van der Waals surface area contributed by atoms with Gasteiger partial charge in [0, 0.05) is 30.0 Å². The van der Waals surface area contributed by atoms with Crippen LogP contribution in [0, 0.1) is 11.3 Å². The van der Waals surface area contributed by atoms with Gasteiger partial charge in [0.1, 0.15) is 0 Å². The van der Waals surface area contributed by atoms with E-state index in [9.17, 15) is 4.79 Å². The molecule has 0 saturated heterocycles. The molecule has 4 unspecified atom stereocenters. The summed E-state index contributed by atoms with van der Waals surface area (Å²) in [5.41, 5.74) is 6.03. The molecule has 0 aromatic rings. The second kappa shape index (κ2) is 6.44. The zero-order valence-electron chi connectivity index (χ0n) is 13.2. The van der Waals surface area contributed by atoms with E-state index in [0.717, 1.165) is 13.0 Å². The topological polar surface area (TPSA) is 64.3 Å². The van der Waals surface area contributed by atoms with Gasteiger partial charge >= 0.3 is 0 Å². The van der Waals surface area contributed by atoms with Crippen molar-refractivity contribution >= 4 is 5.91 Å². The highest BCUT2D eigenvalue weighted by Gasteiger charge is 2.56. The molecule has 3 N–H and O–H groups in total. The highest BCUT2D eigenvalue weighted by Crippen LogP contribution is 2.53. The molecule has 2 aliphatic carbocycles. The van der Waals surface area contributed by atoms with Crippen LogP contribution >= 0.6 is 0 Å². The molecule has 0 aromatic heterocycles. The molecular formula is C16H30N2O2. The first-order valence-electron chi connectivity index (χ1n) is 8.19. The molecule has 4 heteroatoms. The van der Waals surface area contributed by atoms with E-state index in [1.165, 1.54) is 32.1 Å². The van der Waals surface area contributed by atoms with Crippen molar-refractivity contribution in [2.75, 3.05) is 6.61 Å². The number of carbonyl (C=O) groups excluding carboxylic acids is 1. The Bertz CT molecular complexity index is 337. The lowest BCUT2D eigenvalue weighted by molar-refractivity contribution is -0.158. The largest absolute Gasteiger partial charge is 0.378 e. The highest BCUT2D eigenvalue weighted by molar-refractivity contribution is 5.79. The third-order valence-electron chi connectivity index (χ3n) is 5.46. The summed E-state index contributed by atoms with van der Waals surface area (Å²) in [6.45, 7) is 6.63. The van der Waals surface area contributed by atoms with Gasteiger partial charge in [-0.15, -0.1) is 0 Å². The molecule has 2 fully saturated rings. The molecule has 0 bridgehead atoms. The first-order chi connectivity index (χ1) is 9.51. The van der Waals surface area contributed by atoms with Crippen LogP contribution in [0.4, 0.5) is 0 Å². The van der Waals surface area contributed by atoms with E-state index in [0.29, 0.717) is 6.10 Å². The maximum absolute atomic E-state index is 12.2. The predicted molar refractivity (Wildman–Crippen MR) is 80.3 cm³/mol. The first-order valence-corrected chi connectivity index (χ1v) is 8.19. The van der Waals surface area contributed by atoms with Gasteiger partial charge in [0.05, 0.1) is 6.10 Å². The molecule has 0 radical (unpaired) electrons. The number of rotatable bonds is 5. The lowest BCUT2D eigenvalue weighted by atomic mass is 9.55. The van der Waals surface area contributed by atoms with Crippen LogP contribution in [0.25, 0.3) is 0 Å². The molecule has 2 saturated carbocycles. The Morgan fingerprint density at radius 1 is 1.35 bits per heavy atom. The summed E-state index contributed by atoms with van der Waals surface area (Å²) < 4.78 is 5.91. The Morgan fingerprint density at radius 2 is 2.00 bits per heavy atom. The minimum atomic E-state index is -0.123. The van der Waals surface area contributed by atoms with Crippen molar-refractivity contribution in [3.05, 3.63) is 0 Å². The van der Waals surface area contributed by atoms with Crippen molar-refractivity contribution in [1.82, 2.24) is 5.32 Å². The number of hydrogen-bond donors (Lipinski definition) is 2. The van der Waals surface area contributed by atoms with Crippen LogP contribution in [-0.4, -0.2) is 30.7 Å². The minimum absolute atomic E-state index is 0.0972. The molecule has 20 heavy (non-hydrogen) atoms. The molecular weight excluding hydrogens is 252 g/mol. The van der Waals surface area contributed by atoms with Crippen LogP contribution in [0.1, 0.15) is 59.3 Å². The predicted octanol–water partition coefficient (Wildman–Crippen LogP) is 2.21. The second-order valence-corrected chi connectivity index (χ2v) is 6.68. The Labute approximate surface area is 122 Å². The van der Waals surface area contributed by atoms with Crippen LogP contribution < -0.4 is 11.1 Å². The molecule has 2 rings (SSSR count). The SMILES string of the molecule is CCOC1CC(NC(=O)C(C)C(C)N)C12CCCCC2. The number of nitrogens with two attached hydrogens (primary N) is 1. The van der Waals surface area contributed by atoms with E-state index in [1.54, 1.807) is 0 Å². The maximum Gasteiger partial charge on any atom is 0.224 e. The third-order valence-corrected chi connectivity index (χ3v) is 5.46. The maximum atomic E-state index is 12.2. The summed E-state index contributed by atoms with van der Waals surface area (Å²) in [6, 6.07) is 0.188. The van der Waals surface area contributed by atoms with Crippen LogP contribution in [0.5, 0.6) is 0 Å². The number of nitrogens with one attached hydrogen (secondary N) is 1. The van der Waals surface area contributed by atoms with Gasteiger partial charge in [0.2, 0.25) is 5.91 Å². The minimum Gasteiger partial charge on any atom is -0.378 e. The van der Waals surface area contributed by atoms with Crippen molar-refractivity contribution in [3.8, 4) is 0 Å². The Balaban J connectivity index is 1.99. The molecule has 0 aliphatic heterocycles. The number of carbonyl (C=O) groups is 1. The van der Waals surface area contributed by atoms with E-state index in [4.69, 9.17) is 10.5 Å². The van der Waals surface area contributed by atoms with Gasteiger partial charge in [0.15, 0.2) is 0 Å². The van der Waals surface area contributed by atoms with E-state index < -0.39 is 0 Å². The van der Waals surface area contributed by atoms with Crippen LogP contribution in [0.3, 0.4) is 0 Å². The molecule has 4 atom stereocenters. The average Bonchev–Trinajstić information content (AvgIpc) is 2.46. The normalized spacial score (nSPS) is 31.4. The summed E-state index contributed by atoms with van der Waals surface area (Å²) >= 11 is 0. The summed E-state index contributed by atoms with van der Waals surface area (Å²) in [5.74, 6) is -0.0216. The lowest BCUT2D eigenvalue weighted by Crippen LogP contribution is -2.66. The van der Waals surface area contributed by atoms with Crippen molar-refractivity contribution in [3.63, 3.8) is 0 Å². The zero-order chi connectivity index (χ0) is 14.8. The Kier molecular flexibility index (Phi) is 5.08. The van der Waals surface area contributed by atoms with Crippen LogP contribution in [0.2, 0.25) is 0 Å². The Morgan fingerprint density at radius 3 is 2.55 bits per heavy atom. The second-order valence-electron chi connectivity index (χ2n) is 6.68. The fourth-order valence-electron chi connectivity index (χ4n) is 3.81. The lowest BCUT2D eigenvalue weighted by Gasteiger charge is -2.57. The van der Waals surface area contributed by atoms with E-state index in [1.807, 2.05) is 13.8 Å². The van der Waals surface area contributed by atoms with Crippen molar-refractivity contribution in [2.24, 2.45) is 17.1 Å². The zero-order valence-corrected chi connectivity index (χ0v) is 13.2. The van der Waals surface area contributed by atoms with Gasteiger partial charge in [0.25, 0.3) is 0 Å². The van der Waals surface area contributed by atoms with Crippen LogP contribution in [-0.2, 0) is 9.53 Å². The average molecular weight is 282 g/mol. The van der Waals surface area contributed by atoms with Crippen molar-refractivity contribution < 1.29 is 9.53 Å². The van der Waals surface area contributed by atoms with Gasteiger partial charge < -0.3 is 15.8 Å². The highest BCUT2D eigenvalue weighted by atomic mass is 16.5. The van der Waals surface area contributed by atoms with Crippen molar-refractivity contribution in [1.29, 1.82) is 0 Å². The fraction of sp³-hybridized carbons (Fsp3) is 0.938. The number of ether oxygens (including phenoxy) is 1. The van der Waals surface area contributed by atoms with Gasteiger partial charge in [-0.3, -0.25) is 4.79 Å². The van der Waals surface area contributed by atoms with E-state index in [-0.39, 0.29) is 29.3 Å². The van der Waals surface area contributed by atoms with E-state index >= 15 is 0 Å². The fourth-order valence-corrected chi connectivity index (χ4v) is 3.81. The van der Waals surface area contributed by atoms with Gasteiger partial charge in [-0.1, -0.05) is 26.2 Å². The monoisotopic (exact) mass is 282 g/mol. The molecule has 1 spiro atoms. The standard InChI is InChI=1S/C16H30N2O2/c1-4-20-14-10-13(16(14)8-6-5-7-9-16)18-15(19)11(2)12(3)17/h11-14H,4-10,17H2,1-3H3,(H,18,19). The quantitative estimate of drug-likeness (QED) is 0.812. The smallest absolute Gasteiger partial charge is 0.224 e. The summed E-state index contributed by atoms with van der Waals surface area (Å²) in [7, 11) is 0. The number of amides is 1. The van der Waals surface area contributed by atoms with Gasteiger partial charge in [-0.05, 0) is 33.1 Å². The molecule has 2 aliphatic rings. The Hall–Kier alpha value is -0.610. The number of hydrogen-bond acceptors (Lipinski definition) is 3. The van der Waals surface area contributed by atoms with Crippen LogP contribution in [0.15, 0.2) is 0 Å². The van der Waals surface area contributed by atoms with Crippen molar-refractivity contribution in [2.45, 2.75) is 77.5 Å². The molecule has 0 heterocycles. The molecule has 1 amide bonds. The molecule has 116 valence electrons. The summed E-state index contributed by atoms with van der Waals surface area (Å²) in [6.07, 6.45) is 7.52. The molecule has 4 nitrogen and oxygen atoms in total. The van der Waals surface area contributed by atoms with Gasteiger partial charge in [-0.2, -0.15) is 0 Å². The third kappa shape index (κ3) is 2.86. The first kappa shape index (κ1) is 15.8. The van der Waals surface area contributed by atoms with Gasteiger partial charge in [-0.25, -0.2) is 0 Å².